The van der Waals surface area contributed by atoms with Crippen molar-refractivity contribution in [2.75, 3.05) is 25.6 Å². The Kier molecular flexibility index (Phi) is 6.19. The fraction of sp³-hybridized carbons (Fsp3) is 0.222. The number of anilines is 1. The molecular weight excluding hydrogens is 306 g/mol. The van der Waals surface area contributed by atoms with E-state index < -0.39 is 0 Å². The van der Waals surface area contributed by atoms with E-state index in [0.717, 1.165) is 11.3 Å². The molecule has 0 bridgehead atoms. The molecule has 0 heterocycles. The van der Waals surface area contributed by atoms with Crippen LogP contribution < -0.4 is 20.5 Å². The predicted molar refractivity (Wildman–Crippen MR) is 92.7 cm³/mol. The molecule has 0 atom stereocenters. The minimum Gasteiger partial charge on any atom is -0.496 e. The monoisotopic (exact) mass is 327 g/mol. The lowest BCUT2D eigenvalue weighted by atomic mass is 10.1. The molecule has 0 aliphatic heterocycles. The largest absolute Gasteiger partial charge is 0.496 e. The summed E-state index contributed by atoms with van der Waals surface area (Å²) in [6.07, 6.45) is 0.124. The molecule has 0 aromatic heterocycles. The van der Waals surface area contributed by atoms with Gasteiger partial charge in [0.25, 0.3) is 5.91 Å². The zero-order valence-corrected chi connectivity index (χ0v) is 13.8. The van der Waals surface area contributed by atoms with Crippen molar-refractivity contribution in [1.29, 1.82) is 0 Å². The van der Waals surface area contributed by atoms with Gasteiger partial charge in [-0.2, -0.15) is 0 Å². The topological polar surface area (TPSA) is 70.7 Å². The highest BCUT2D eigenvalue weighted by atomic mass is 16.5. The Morgan fingerprint density at radius 3 is 2.29 bits per heavy atom. The van der Waals surface area contributed by atoms with Crippen molar-refractivity contribution in [3.63, 3.8) is 0 Å². The van der Waals surface area contributed by atoms with E-state index in [1.165, 1.54) is 0 Å². The van der Waals surface area contributed by atoms with Crippen LogP contribution in [0.3, 0.4) is 0 Å². The van der Waals surface area contributed by atoms with Crippen molar-refractivity contribution in [1.82, 2.24) is 10.9 Å². The first-order valence-electron chi connectivity index (χ1n) is 7.56. The van der Waals surface area contributed by atoms with Crippen LogP contribution in [0.4, 0.5) is 5.69 Å². The third-order valence-corrected chi connectivity index (χ3v) is 3.46. The van der Waals surface area contributed by atoms with Crippen LogP contribution in [-0.2, 0) is 16.0 Å². The second kappa shape index (κ2) is 8.57. The molecule has 0 saturated heterocycles. The number of nitrogens with one attached hydrogen (secondary N) is 2. The number of rotatable bonds is 6. The molecule has 0 aliphatic carbocycles. The second-order valence-electron chi connectivity index (χ2n) is 5.28. The number of amides is 2. The van der Waals surface area contributed by atoms with Gasteiger partial charge in [0.2, 0.25) is 5.91 Å². The maximum Gasteiger partial charge on any atom is 0.257 e. The number of hydrazine groups is 1. The number of nitrogens with zero attached hydrogens (tertiary/aromatic N) is 1. The van der Waals surface area contributed by atoms with Gasteiger partial charge in [-0.05, 0) is 18.2 Å². The van der Waals surface area contributed by atoms with Crippen LogP contribution in [0.1, 0.15) is 5.56 Å². The van der Waals surface area contributed by atoms with Crippen molar-refractivity contribution in [3.05, 3.63) is 60.2 Å². The van der Waals surface area contributed by atoms with Crippen LogP contribution >= 0.6 is 0 Å². The van der Waals surface area contributed by atoms with Crippen LogP contribution in [0.25, 0.3) is 0 Å². The van der Waals surface area contributed by atoms with E-state index in [9.17, 15) is 9.59 Å². The first-order valence-corrected chi connectivity index (χ1v) is 7.56. The van der Waals surface area contributed by atoms with Gasteiger partial charge < -0.3 is 9.64 Å². The summed E-state index contributed by atoms with van der Waals surface area (Å²) >= 11 is 0. The fourth-order valence-electron chi connectivity index (χ4n) is 2.23. The lowest BCUT2D eigenvalue weighted by molar-refractivity contribution is -0.127. The number of hydrogen-bond acceptors (Lipinski definition) is 4. The van der Waals surface area contributed by atoms with Crippen molar-refractivity contribution < 1.29 is 14.3 Å². The van der Waals surface area contributed by atoms with E-state index in [1.54, 1.807) is 18.1 Å². The number of hydrogen-bond donors (Lipinski definition) is 2. The van der Waals surface area contributed by atoms with Gasteiger partial charge in [0.05, 0.1) is 20.1 Å². The van der Waals surface area contributed by atoms with Gasteiger partial charge in [-0.25, -0.2) is 0 Å². The minimum atomic E-state index is -0.310. The quantitative estimate of drug-likeness (QED) is 0.789. The summed E-state index contributed by atoms with van der Waals surface area (Å²) < 4.78 is 5.20. The maximum atomic E-state index is 11.9. The molecule has 0 unspecified atom stereocenters. The highest BCUT2D eigenvalue weighted by Gasteiger charge is 2.11. The molecule has 2 aromatic rings. The van der Waals surface area contributed by atoms with Crippen LogP contribution in [-0.4, -0.2) is 32.5 Å². The van der Waals surface area contributed by atoms with E-state index in [0.29, 0.717) is 5.75 Å². The van der Waals surface area contributed by atoms with E-state index in [1.807, 2.05) is 55.6 Å². The first-order chi connectivity index (χ1) is 11.6. The van der Waals surface area contributed by atoms with Gasteiger partial charge in [0.1, 0.15) is 5.75 Å². The number of likely N-dealkylation sites (N-methyl/N-ethyl adjacent to an activating group) is 1. The van der Waals surface area contributed by atoms with Crippen LogP contribution in [0.2, 0.25) is 0 Å². The molecule has 2 rings (SSSR count). The van der Waals surface area contributed by atoms with E-state index in [-0.39, 0.29) is 24.8 Å². The van der Waals surface area contributed by atoms with Crippen LogP contribution in [0, 0.1) is 0 Å². The minimum absolute atomic E-state index is 0.124. The molecule has 0 radical (unpaired) electrons. The number of ether oxygens (including phenoxy) is 1. The molecular formula is C18H21N3O3. The molecule has 2 aromatic carbocycles. The Hall–Kier alpha value is -3.02. The lowest BCUT2D eigenvalue weighted by Gasteiger charge is -2.18. The smallest absolute Gasteiger partial charge is 0.257 e. The molecule has 126 valence electrons. The number of methoxy groups -OCH3 is 1. The highest BCUT2D eigenvalue weighted by molar-refractivity contribution is 5.85. The van der Waals surface area contributed by atoms with E-state index in [2.05, 4.69) is 10.9 Å². The molecule has 24 heavy (non-hydrogen) atoms. The van der Waals surface area contributed by atoms with Gasteiger partial charge in [-0.1, -0.05) is 36.4 Å². The Balaban J connectivity index is 1.80. The normalized spacial score (nSPS) is 9.92. The summed E-state index contributed by atoms with van der Waals surface area (Å²) in [6.45, 7) is 0.138. The standard InChI is InChI=1S/C18H21N3O3/c1-21(15-9-4-3-5-10-15)13-18(23)20-19-17(22)12-14-8-6-7-11-16(14)24-2/h3-11H,12-13H2,1-2H3,(H,19,22)(H,20,23). The second-order valence-corrected chi connectivity index (χ2v) is 5.28. The van der Waals surface area contributed by atoms with Crippen molar-refractivity contribution in [2.24, 2.45) is 0 Å². The van der Waals surface area contributed by atoms with E-state index in [4.69, 9.17) is 4.74 Å². The highest BCUT2D eigenvalue weighted by Crippen LogP contribution is 2.17. The summed E-state index contributed by atoms with van der Waals surface area (Å²) in [5.41, 5.74) is 6.52. The number of benzene rings is 2. The van der Waals surface area contributed by atoms with Gasteiger partial charge in [0.15, 0.2) is 0 Å². The van der Waals surface area contributed by atoms with Gasteiger partial charge in [0, 0.05) is 18.3 Å². The molecule has 6 nitrogen and oxygen atoms in total. The third-order valence-electron chi connectivity index (χ3n) is 3.46. The average Bonchev–Trinajstić information content (AvgIpc) is 2.61. The lowest BCUT2D eigenvalue weighted by Crippen LogP contribution is -2.46. The molecule has 2 amide bonds. The molecule has 0 fully saturated rings. The van der Waals surface area contributed by atoms with E-state index >= 15 is 0 Å². The van der Waals surface area contributed by atoms with Gasteiger partial charge in [-0.15, -0.1) is 0 Å². The number of para-hydroxylation sites is 2. The Bertz CT molecular complexity index is 689. The summed E-state index contributed by atoms with van der Waals surface area (Å²) in [5.74, 6) is 0.0349. The Morgan fingerprint density at radius 1 is 0.958 bits per heavy atom. The first kappa shape index (κ1) is 17.3. The Labute approximate surface area is 141 Å². The summed E-state index contributed by atoms with van der Waals surface area (Å²) in [4.78, 5) is 25.7. The number of carbonyl (C=O) groups excluding carboxylic acids is 2. The van der Waals surface area contributed by atoms with Crippen molar-refractivity contribution in [3.8, 4) is 5.75 Å². The fourth-order valence-corrected chi connectivity index (χ4v) is 2.23. The Morgan fingerprint density at radius 2 is 1.58 bits per heavy atom. The molecule has 0 spiro atoms. The maximum absolute atomic E-state index is 11.9. The zero-order chi connectivity index (χ0) is 17.4. The van der Waals surface area contributed by atoms with Crippen LogP contribution in [0.5, 0.6) is 5.75 Å². The molecule has 0 saturated carbocycles. The molecule has 2 N–H and O–H groups in total. The number of carbonyl (C=O) groups is 2. The SMILES string of the molecule is COc1ccccc1CC(=O)NNC(=O)CN(C)c1ccccc1. The van der Waals surface area contributed by atoms with Gasteiger partial charge >= 0.3 is 0 Å². The predicted octanol–water partition coefficient (Wildman–Crippen LogP) is 1.52. The van der Waals surface area contributed by atoms with Gasteiger partial charge in [-0.3, -0.25) is 20.4 Å². The molecule has 0 aliphatic rings. The average molecular weight is 327 g/mol. The van der Waals surface area contributed by atoms with Crippen molar-refractivity contribution in [2.45, 2.75) is 6.42 Å². The zero-order valence-electron chi connectivity index (χ0n) is 13.8. The summed E-state index contributed by atoms with van der Waals surface area (Å²) in [5, 5.41) is 0. The summed E-state index contributed by atoms with van der Waals surface area (Å²) in [6, 6.07) is 16.8. The summed E-state index contributed by atoms with van der Waals surface area (Å²) in [7, 11) is 3.36. The van der Waals surface area contributed by atoms with Crippen molar-refractivity contribution >= 4 is 17.5 Å². The molecule has 6 heteroatoms. The third kappa shape index (κ3) is 5.01. The van der Waals surface area contributed by atoms with Crippen LogP contribution in [0.15, 0.2) is 54.6 Å².